The fraction of sp³-hybridized carbons (Fsp3) is 0.667. The predicted molar refractivity (Wildman–Crippen MR) is 98.7 cm³/mol. The summed E-state index contributed by atoms with van der Waals surface area (Å²) in [6.45, 7) is 7.04. The van der Waals surface area contributed by atoms with Crippen LogP contribution in [-0.4, -0.2) is 38.7 Å². The molecule has 1 aliphatic carbocycles. The molecule has 3 rings (SSSR count). The lowest BCUT2D eigenvalue weighted by atomic mass is 9.94. The lowest BCUT2D eigenvalue weighted by Gasteiger charge is -2.34. The van der Waals surface area contributed by atoms with E-state index < -0.39 is 0 Å². The molecule has 2 N–H and O–H groups in total. The van der Waals surface area contributed by atoms with Crippen molar-refractivity contribution in [2.45, 2.75) is 71.6 Å². The molecule has 0 amide bonds. The number of nitrogens with one attached hydrogen (secondary N) is 1. The van der Waals surface area contributed by atoms with Crippen molar-refractivity contribution in [3.05, 3.63) is 26.6 Å². The largest absolute Gasteiger partial charge is 0.392 e. The van der Waals surface area contributed by atoms with Crippen molar-refractivity contribution in [1.82, 2.24) is 14.9 Å². The highest BCUT2D eigenvalue weighted by molar-refractivity contribution is 7.18. The molecule has 0 saturated heterocycles. The summed E-state index contributed by atoms with van der Waals surface area (Å²) in [5.74, 6) is 0.708. The van der Waals surface area contributed by atoms with Gasteiger partial charge in [0.05, 0.1) is 18.0 Å². The van der Waals surface area contributed by atoms with Crippen molar-refractivity contribution in [3.63, 3.8) is 0 Å². The zero-order valence-corrected chi connectivity index (χ0v) is 15.6. The summed E-state index contributed by atoms with van der Waals surface area (Å²) in [5, 5.41) is 10.6. The molecule has 1 aliphatic rings. The van der Waals surface area contributed by atoms with E-state index in [9.17, 15) is 9.90 Å². The third kappa shape index (κ3) is 3.71. The average Bonchev–Trinajstić information content (AvgIpc) is 2.82. The summed E-state index contributed by atoms with van der Waals surface area (Å²) >= 11 is 1.58. The molecular formula is C18H27N3O2S. The maximum atomic E-state index is 12.5. The number of H-pyrrole nitrogens is 1. The monoisotopic (exact) mass is 349 g/mol. The Morgan fingerprint density at radius 1 is 1.33 bits per heavy atom. The Kier molecular flexibility index (Phi) is 5.37. The minimum atomic E-state index is -0.381. The van der Waals surface area contributed by atoms with Gasteiger partial charge in [0.2, 0.25) is 0 Å². The van der Waals surface area contributed by atoms with Crippen LogP contribution in [-0.2, 0) is 6.54 Å². The topological polar surface area (TPSA) is 69.2 Å². The number of nitrogens with zero attached hydrogens (tertiary/aromatic N) is 2. The lowest BCUT2D eigenvalue weighted by Crippen LogP contribution is -2.41. The molecule has 1 unspecified atom stereocenters. The minimum Gasteiger partial charge on any atom is -0.392 e. The standard InChI is InChI=1S/C18H27N3O2S/c1-11(22)9-21(14-7-5-4-6-8-14)10-15-19-17(23)16-12(2)13(3)24-18(16)20-15/h11,14,22H,4-10H2,1-3H3,(H,19,20,23). The molecule has 2 aromatic heterocycles. The van der Waals surface area contributed by atoms with Gasteiger partial charge in [0.1, 0.15) is 10.7 Å². The molecule has 0 aliphatic heterocycles. The lowest BCUT2D eigenvalue weighted by molar-refractivity contribution is 0.0750. The van der Waals surface area contributed by atoms with Gasteiger partial charge in [-0.05, 0) is 39.2 Å². The van der Waals surface area contributed by atoms with Crippen molar-refractivity contribution < 1.29 is 5.11 Å². The van der Waals surface area contributed by atoms with E-state index in [0.29, 0.717) is 25.0 Å². The van der Waals surface area contributed by atoms with Gasteiger partial charge in [0.25, 0.3) is 5.56 Å². The molecule has 1 fully saturated rings. The number of aliphatic hydroxyl groups excluding tert-OH is 1. The number of aromatic amines is 1. The average molecular weight is 350 g/mol. The highest BCUT2D eigenvalue weighted by atomic mass is 32.1. The highest BCUT2D eigenvalue weighted by Crippen LogP contribution is 2.27. The van der Waals surface area contributed by atoms with E-state index in [1.807, 2.05) is 20.8 Å². The van der Waals surface area contributed by atoms with Crippen LogP contribution in [0, 0.1) is 13.8 Å². The molecule has 1 saturated carbocycles. The maximum absolute atomic E-state index is 12.5. The van der Waals surface area contributed by atoms with Crippen LogP contribution in [0.5, 0.6) is 0 Å². The number of aryl methyl sites for hydroxylation is 2. The Hall–Kier alpha value is -1.24. The van der Waals surface area contributed by atoms with E-state index in [4.69, 9.17) is 4.98 Å². The van der Waals surface area contributed by atoms with Crippen LogP contribution < -0.4 is 5.56 Å². The first-order valence-electron chi connectivity index (χ1n) is 8.86. The Bertz CT molecular complexity index is 759. The van der Waals surface area contributed by atoms with Gasteiger partial charge in [0, 0.05) is 17.5 Å². The second kappa shape index (κ2) is 7.33. The summed E-state index contributed by atoms with van der Waals surface area (Å²) in [6, 6.07) is 0.473. The Labute approximate surface area is 146 Å². The third-order valence-electron chi connectivity index (χ3n) is 5.03. The Morgan fingerprint density at radius 2 is 2.04 bits per heavy atom. The molecule has 6 heteroatoms. The van der Waals surface area contributed by atoms with Gasteiger partial charge in [-0.15, -0.1) is 11.3 Å². The van der Waals surface area contributed by atoms with Gasteiger partial charge in [-0.25, -0.2) is 4.98 Å². The molecule has 24 heavy (non-hydrogen) atoms. The van der Waals surface area contributed by atoms with Gasteiger partial charge in [-0.3, -0.25) is 9.69 Å². The molecule has 5 nitrogen and oxygen atoms in total. The number of aliphatic hydroxyl groups is 1. The Morgan fingerprint density at radius 3 is 2.71 bits per heavy atom. The second-order valence-electron chi connectivity index (χ2n) is 7.05. The molecule has 1 atom stereocenters. The first-order chi connectivity index (χ1) is 11.5. The molecule has 132 valence electrons. The minimum absolute atomic E-state index is 0.0440. The van der Waals surface area contributed by atoms with Gasteiger partial charge in [0.15, 0.2) is 0 Å². The van der Waals surface area contributed by atoms with Gasteiger partial charge >= 0.3 is 0 Å². The van der Waals surface area contributed by atoms with E-state index in [2.05, 4.69) is 9.88 Å². The maximum Gasteiger partial charge on any atom is 0.259 e. The van der Waals surface area contributed by atoms with Crippen LogP contribution in [0.1, 0.15) is 55.3 Å². The highest BCUT2D eigenvalue weighted by Gasteiger charge is 2.23. The van der Waals surface area contributed by atoms with Gasteiger partial charge in [-0.1, -0.05) is 19.3 Å². The fourth-order valence-electron chi connectivity index (χ4n) is 3.69. The predicted octanol–water partition coefficient (Wildman–Crippen LogP) is 3.12. The van der Waals surface area contributed by atoms with Crippen molar-refractivity contribution in [2.24, 2.45) is 0 Å². The van der Waals surface area contributed by atoms with Gasteiger partial charge in [-0.2, -0.15) is 0 Å². The summed E-state index contributed by atoms with van der Waals surface area (Å²) in [7, 11) is 0. The van der Waals surface area contributed by atoms with Crippen LogP contribution in [0.15, 0.2) is 4.79 Å². The first-order valence-corrected chi connectivity index (χ1v) is 9.68. The number of hydrogen-bond acceptors (Lipinski definition) is 5. The smallest absolute Gasteiger partial charge is 0.259 e. The number of rotatable bonds is 5. The van der Waals surface area contributed by atoms with Crippen molar-refractivity contribution in [2.75, 3.05) is 6.54 Å². The molecule has 2 aromatic rings. The van der Waals surface area contributed by atoms with Crippen molar-refractivity contribution >= 4 is 21.6 Å². The number of aromatic nitrogens is 2. The van der Waals surface area contributed by atoms with E-state index in [1.165, 1.54) is 19.3 Å². The number of hydrogen-bond donors (Lipinski definition) is 2. The summed E-state index contributed by atoms with van der Waals surface area (Å²) in [4.78, 5) is 24.4. The third-order valence-corrected chi connectivity index (χ3v) is 6.13. The van der Waals surface area contributed by atoms with Gasteiger partial charge < -0.3 is 10.1 Å². The van der Waals surface area contributed by atoms with Crippen LogP contribution in [0.25, 0.3) is 10.2 Å². The molecule has 2 heterocycles. The zero-order chi connectivity index (χ0) is 17.3. The second-order valence-corrected chi connectivity index (χ2v) is 8.25. The van der Waals surface area contributed by atoms with Crippen molar-refractivity contribution in [3.8, 4) is 0 Å². The Balaban J connectivity index is 1.88. The van der Waals surface area contributed by atoms with Crippen molar-refractivity contribution in [1.29, 1.82) is 0 Å². The summed E-state index contributed by atoms with van der Waals surface area (Å²) in [6.07, 6.45) is 5.73. The fourth-order valence-corrected chi connectivity index (χ4v) is 4.74. The quantitative estimate of drug-likeness (QED) is 0.870. The van der Waals surface area contributed by atoms with E-state index in [1.54, 1.807) is 11.3 Å². The molecule has 0 bridgehead atoms. The molecular weight excluding hydrogens is 322 g/mol. The van der Waals surface area contributed by atoms with E-state index in [-0.39, 0.29) is 11.7 Å². The normalized spacial score (nSPS) is 17.7. The van der Waals surface area contributed by atoms with Crippen LogP contribution >= 0.6 is 11.3 Å². The molecule has 0 spiro atoms. The molecule has 0 radical (unpaired) electrons. The van der Waals surface area contributed by atoms with E-state index in [0.717, 1.165) is 33.5 Å². The summed E-state index contributed by atoms with van der Waals surface area (Å²) < 4.78 is 0. The van der Waals surface area contributed by atoms with Crippen LogP contribution in [0.2, 0.25) is 0 Å². The van der Waals surface area contributed by atoms with Crippen LogP contribution in [0.3, 0.4) is 0 Å². The molecule has 0 aromatic carbocycles. The van der Waals surface area contributed by atoms with Crippen LogP contribution in [0.4, 0.5) is 0 Å². The SMILES string of the molecule is Cc1sc2nc(CN(CC(C)O)C3CCCCC3)[nH]c(=O)c2c1C. The number of thiophene rings is 1. The van der Waals surface area contributed by atoms with E-state index >= 15 is 0 Å². The summed E-state index contributed by atoms with van der Waals surface area (Å²) in [5.41, 5.74) is 0.987. The number of fused-ring (bicyclic) bond motifs is 1. The zero-order valence-electron chi connectivity index (χ0n) is 14.8. The first kappa shape index (κ1) is 17.6.